The minimum atomic E-state index is 0.947. The molecule has 0 radical (unpaired) electrons. The van der Waals surface area contributed by atoms with Crippen molar-refractivity contribution in [1.29, 1.82) is 0 Å². The van der Waals surface area contributed by atoms with E-state index < -0.39 is 0 Å². The monoisotopic (exact) mass is 294 g/mol. The topological polar surface area (TPSA) is 13.1 Å². The lowest BCUT2D eigenvalue weighted by atomic mass is 9.95. The third kappa shape index (κ3) is 1.80. The second-order valence-corrected chi connectivity index (χ2v) is 5.84. The Morgan fingerprint density at radius 2 is 1.13 bits per heavy atom. The molecule has 0 amide bonds. The number of furan rings is 1. The molecule has 1 nitrogen and oxygen atoms in total. The summed E-state index contributed by atoms with van der Waals surface area (Å²) in [5.74, 6) is 0.947. The predicted molar refractivity (Wildman–Crippen MR) is 96.7 cm³/mol. The molecule has 0 aliphatic rings. The first-order chi connectivity index (χ1) is 11.4. The van der Waals surface area contributed by atoms with Gasteiger partial charge in [0.15, 0.2) is 0 Å². The highest BCUT2D eigenvalue weighted by molar-refractivity contribution is 6.15. The van der Waals surface area contributed by atoms with Gasteiger partial charge < -0.3 is 4.42 Å². The molecule has 0 bridgehead atoms. The molecule has 0 unspecified atom stereocenters. The van der Waals surface area contributed by atoms with Gasteiger partial charge in [-0.1, -0.05) is 72.8 Å². The van der Waals surface area contributed by atoms with E-state index in [1.165, 1.54) is 21.5 Å². The highest BCUT2D eigenvalue weighted by atomic mass is 16.3. The van der Waals surface area contributed by atoms with Crippen LogP contribution in [0.1, 0.15) is 0 Å². The first kappa shape index (κ1) is 12.5. The van der Waals surface area contributed by atoms with Gasteiger partial charge >= 0.3 is 0 Å². The molecular formula is C22H14O. The maximum absolute atomic E-state index is 5.96. The number of fused-ring (bicyclic) bond motifs is 4. The van der Waals surface area contributed by atoms with Crippen LogP contribution in [0.2, 0.25) is 0 Å². The third-order valence-electron chi connectivity index (χ3n) is 4.52. The lowest BCUT2D eigenvalue weighted by Gasteiger charge is -2.09. The molecule has 0 saturated heterocycles. The third-order valence-corrected chi connectivity index (χ3v) is 4.52. The van der Waals surface area contributed by atoms with Gasteiger partial charge in [0.1, 0.15) is 5.76 Å². The van der Waals surface area contributed by atoms with Crippen LogP contribution in [0.4, 0.5) is 0 Å². The van der Waals surface area contributed by atoms with Gasteiger partial charge in [-0.05, 0) is 27.6 Å². The van der Waals surface area contributed by atoms with E-state index in [1.807, 2.05) is 12.3 Å². The quantitative estimate of drug-likeness (QED) is 0.326. The summed E-state index contributed by atoms with van der Waals surface area (Å²) >= 11 is 0. The van der Waals surface area contributed by atoms with E-state index in [9.17, 15) is 0 Å². The van der Waals surface area contributed by atoms with E-state index in [0.717, 1.165) is 22.1 Å². The average Bonchev–Trinajstić information content (AvgIpc) is 3.05. The smallest absolute Gasteiger partial charge is 0.142 e. The molecule has 5 rings (SSSR count). The van der Waals surface area contributed by atoms with E-state index in [4.69, 9.17) is 4.42 Å². The van der Waals surface area contributed by atoms with Crippen molar-refractivity contribution in [3.8, 4) is 11.3 Å². The Balaban J connectivity index is 1.97. The molecule has 1 heteroatoms. The second-order valence-electron chi connectivity index (χ2n) is 5.84. The number of rotatable bonds is 1. The highest BCUT2D eigenvalue weighted by Crippen LogP contribution is 2.38. The molecule has 0 N–H and O–H groups in total. The van der Waals surface area contributed by atoms with Crippen molar-refractivity contribution in [1.82, 2.24) is 0 Å². The van der Waals surface area contributed by atoms with E-state index in [1.54, 1.807) is 0 Å². The first-order valence-corrected chi connectivity index (χ1v) is 7.79. The Bertz CT molecular complexity index is 1160. The van der Waals surface area contributed by atoms with Crippen molar-refractivity contribution < 1.29 is 4.42 Å². The molecule has 0 aliphatic heterocycles. The highest BCUT2D eigenvalue weighted by Gasteiger charge is 2.13. The SMILES string of the molecule is c1ccc2c(-c3cc4ccccc4c4ccccc34)occ2c1. The summed E-state index contributed by atoms with van der Waals surface area (Å²) in [6, 6.07) is 27.6. The molecule has 0 spiro atoms. The van der Waals surface area contributed by atoms with Crippen molar-refractivity contribution in [3.63, 3.8) is 0 Å². The zero-order valence-corrected chi connectivity index (χ0v) is 12.5. The molecule has 23 heavy (non-hydrogen) atoms. The largest absolute Gasteiger partial charge is 0.463 e. The summed E-state index contributed by atoms with van der Waals surface area (Å²) in [7, 11) is 0. The van der Waals surface area contributed by atoms with Crippen LogP contribution in [-0.2, 0) is 0 Å². The summed E-state index contributed by atoms with van der Waals surface area (Å²) in [6.07, 6.45) is 1.84. The molecule has 0 atom stereocenters. The van der Waals surface area contributed by atoms with Gasteiger partial charge in [-0.25, -0.2) is 0 Å². The van der Waals surface area contributed by atoms with Gasteiger partial charge in [0.05, 0.1) is 6.26 Å². The molecule has 0 aliphatic carbocycles. The van der Waals surface area contributed by atoms with Crippen molar-refractivity contribution >= 4 is 32.3 Å². The van der Waals surface area contributed by atoms with Crippen molar-refractivity contribution in [3.05, 3.63) is 85.1 Å². The normalized spacial score (nSPS) is 11.5. The average molecular weight is 294 g/mol. The standard InChI is InChI=1S/C22H14O/c1-3-9-17-15(7-1)13-21(20-12-6-5-11-19(17)20)22-18-10-4-2-8-16(18)14-23-22/h1-14H. The molecule has 108 valence electrons. The molecular weight excluding hydrogens is 280 g/mol. The van der Waals surface area contributed by atoms with Crippen molar-refractivity contribution in [2.45, 2.75) is 0 Å². The van der Waals surface area contributed by atoms with Crippen LogP contribution in [0.25, 0.3) is 43.6 Å². The Morgan fingerprint density at radius 1 is 0.522 bits per heavy atom. The minimum Gasteiger partial charge on any atom is -0.463 e. The van der Waals surface area contributed by atoms with E-state index in [-0.39, 0.29) is 0 Å². The number of hydrogen-bond acceptors (Lipinski definition) is 1. The van der Waals surface area contributed by atoms with Crippen LogP contribution < -0.4 is 0 Å². The summed E-state index contributed by atoms with van der Waals surface area (Å²) in [6.45, 7) is 0. The molecule has 1 heterocycles. The van der Waals surface area contributed by atoms with Gasteiger partial charge in [0, 0.05) is 16.3 Å². The molecule has 0 saturated carbocycles. The van der Waals surface area contributed by atoms with Crippen LogP contribution >= 0.6 is 0 Å². The molecule has 0 fully saturated rings. The number of hydrogen-bond donors (Lipinski definition) is 0. The van der Waals surface area contributed by atoms with Gasteiger partial charge in [-0.15, -0.1) is 0 Å². The lowest BCUT2D eigenvalue weighted by molar-refractivity contribution is 0.588. The van der Waals surface area contributed by atoms with Gasteiger partial charge in [0.2, 0.25) is 0 Å². The number of benzene rings is 4. The summed E-state index contributed by atoms with van der Waals surface area (Å²) in [4.78, 5) is 0. The van der Waals surface area contributed by atoms with Crippen LogP contribution in [0, 0.1) is 0 Å². The fourth-order valence-corrected chi connectivity index (χ4v) is 3.44. The minimum absolute atomic E-state index is 0.947. The zero-order chi connectivity index (χ0) is 15.2. The zero-order valence-electron chi connectivity index (χ0n) is 12.5. The van der Waals surface area contributed by atoms with Crippen LogP contribution in [0.15, 0.2) is 89.5 Å². The van der Waals surface area contributed by atoms with Crippen LogP contribution in [0.5, 0.6) is 0 Å². The van der Waals surface area contributed by atoms with E-state index in [0.29, 0.717) is 0 Å². The van der Waals surface area contributed by atoms with Crippen molar-refractivity contribution in [2.75, 3.05) is 0 Å². The van der Waals surface area contributed by atoms with Crippen LogP contribution in [0.3, 0.4) is 0 Å². The summed E-state index contributed by atoms with van der Waals surface area (Å²) in [5.41, 5.74) is 1.15. The fourth-order valence-electron chi connectivity index (χ4n) is 3.44. The van der Waals surface area contributed by atoms with E-state index in [2.05, 4.69) is 72.8 Å². The Labute approximate surface area is 133 Å². The Hall–Kier alpha value is -3.06. The fraction of sp³-hybridized carbons (Fsp3) is 0. The van der Waals surface area contributed by atoms with Crippen molar-refractivity contribution in [2.24, 2.45) is 0 Å². The van der Waals surface area contributed by atoms with E-state index >= 15 is 0 Å². The Morgan fingerprint density at radius 3 is 1.96 bits per heavy atom. The second kappa shape index (κ2) is 4.72. The lowest BCUT2D eigenvalue weighted by Crippen LogP contribution is -1.83. The molecule has 1 aromatic heterocycles. The maximum atomic E-state index is 5.96. The molecule has 4 aromatic carbocycles. The predicted octanol–water partition coefficient (Wildman–Crippen LogP) is 6.41. The maximum Gasteiger partial charge on any atom is 0.142 e. The van der Waals surface area contributed by atoms with Gasteiger partial charge in [0.25, 0.3) is 0 Å². The van der Waals surface area contributed by atoms with Gasteiger partial charge in [-0.3, -0.25) is 0 Å². The van der Waals surface area contributed by atoms with Crippen LogP contribution in [-0.4, -0.2) is 0 Å². The first-order valence-electron chi connectivity index (χ1n) is 7.79. The summed E-state index contributed by atoms with van der Waals surface area (Å²) in [5, 5.41) is 7.31. The molecule has 5 aromatic rings. The Kier molecular flexibility index (Phi) is 2.56. The van der Waals surface area contributed by atoms with Gasteiger partial charge in [-0.2, -0.15) is 0 Å². The summed E-state index contributed by atoms with van der Waals surface area (Å²) < 4.78 is 5.96.